The summed E-state index contributed by atoms with van der Waals surface area (Å²) in [5, 5.41) is 14.0. The molecule has 1 fully saturated rings. The average molecular weight is 588 g/mol. The van der Waals surface area contributed by atoms with Crippen LogP contribution in [-0.2, 0) is 4.79 Å². The van der Waals surface area contributed by atoms with Gasteiger partial charge in [0.1, 0.15) is 23.1 Å². The summed E-state index contributed by atoms with van der Waals surface area (Å²) in [5.74, 6) is -2.40. The molecule has 0 radical (unpaired) electrons. The number of benzene rings is 1. The predicted octanol–water partition coefficient (Wildman–Crippen LogP) is 4.28. The minimum Gasteiger partial charge on any atom is -0.507 e. The second-order valence-corrected chi connectivity index (χ2v) is 11.3. The Hall–Kier alpha value is -4.87. The van der Waals surface area contributed by atoms with Gasteiger partial charge in [0.15, 0.2) is 11.5 Å². The van der Waals surface area contributed by atoms with Crippen LogP contribution in [0, 0.1) is 18.6 Å². The number of carbonyl (C=O) groups is 1. The molecular formula is C31H31F2N7O3. The molecule has 2 unspecified atom stereocenters. The van der Waals surface area contributed by atoms with Crippen molar-refractivity contribution in [2.75, 3.05) is 29.9 Å². The number of fused-ring (bicyclic) bond motifs is 2. The molecule has 4 aromatic rings. The number of anilines is 2. The quantitative estimate of drug-likeness (QED) is 0.340. The van der Waals surface area contributed by atoms with Crippen molar-refractivity contribution in [1.29, 1.82) is 0 Å². The van der Waals surface area contributed by atoms with Crippen molar-refractivity contribution < 1.29 is 18.7 Å². The molecule has 2 N–H and O–H groups in total. The Labute approximate surface area is 246 Å². The van der Waals surface area contributed by atoms with E-state index >= 15 is 8.78 Å². The Kier molecular flexibility index (Phi) is 6.86. The lowest BCUT2D eigenvalue weighted by molar-refractivity contribution is -0.128. The van der Waals surface area contributed by atoms with Gasteiger partial charge < -0.3 is 20.2 Å². The van der Waals surface area contributed by atoms with Crippen molar-refractivity contribution >= 4 is 28.4 Å². The summed E-state index contributed by atoms with van der Waals surface area (Å²) in [6.45, 7) is 12.0. The minimum absolute atomic E-state index is 0.0322. The van der Waals surface area contributed by atoms with Crippen LogP contribution in [0.3, 0.4) is 0 Å². The summed E-state index contributed by atoms with van der Waals surface area (Å²) in [7, 11) is 0. The molecule has 43 heavy (non-hydrogen) atoms. The summed E-state index contributed by atoms with van der Waals surface area (Å²) in [5.41, 5.74) is 0.209. The number of nitrogens with zero attached hydrogens (tertiary/aromatic N) is 6. The fraction of sp³-hybridized carbons (Fsp3) is 0.323. The SMILES string of the molecule is C=CC(=O)N1CC2CNc3c(F)c(-c4c(O)cccc4F)nc4c3c(nc(=O)n4-c3c(C)ccnc3C(C)C)N2CC1C. The first-order valence-electron chi connectivity index (χ1n) is 14.1. The van der Waals surface area contributed by atoms with Crippen LogP contribution >= 0.6 is 0 Å². The first-order chi connectivity index (χ1) is 20.5. The second kappa shape index (κ2) is 10.4. The molecule has 0 bridgehead atoms. The molecule has 10 nitrogen and oxygen atoms in total. The number of aromatic hydroxyl groups is 1. The van der Waals surface area contributed by atoms with Crippen molar-refractivity contribution in [3.05, 3.63) is 76.5 Å². The Balaban J connectivity index is 1.72. The second-order valence-electron chi connectivity index (χ2n) is 11.3. The number of rotatable bonds is 4. The number of piperazine rings is 1. The van der Waals surface area contributed by atoms with Crippen molar-refractivity contribution in [3.8, 4) is 22.7 Å². The number of hydrogen-bond acceptors (Lipinski definition) is 8. The predicted molar refractivity (Wildman–Crippen MR) is 160 cm³/mol. The van der Waals surface area contributed by atoms with Crippen LogP contribution in [0.4, 0.5) is 20.3 Å². The van der Waals surface area contributed by atoms with E-state index in [9.17, 15) is 14.7 Å². The van der Waals surface area contributed by atoms with E-state index in [1.807, 2.05) is 32.6 Å². The highest BCUT2D eigenvalue weighted by molar-refractivity contribution is 6.02. The summed E-state index contributed by atoms with van der Waals surface area (Å²) < 4.78 is 33.0. The zero-order valence-corrected chi connectivity index (χ0v) is 24.2. The zero-order chi connectivity index (χ0) is 30.7. The Morgan fingerprint density at radius 2 is 1.98 bits per heavy atom. The maximum absolute atomic E-state index is 16.6. The van der Waals surface area contributed by atoms with Gasteiger partial charge in [-0.3, -0.25) is 9.78 Å². The summed E-state index contributed by atoms with van der Waals surface area (Å²) >= 11 is 0. The van der Waals surface area contributed by atoms with Gasteiger partial charge in [0.2, 0.25) is 5.91 Å². The van der Waals surface area contributed by atoms with E-state index in [0.717, 1.165) is 6.07 Å². The monoisotopic (exact) mass is 587 g/mol. The molecule has 6 rings (SSSR count). The van der Waals surface area contributed by atoms with Crippen LogP contribution < -0.4 is 15.9 Å². The largest absolute Gasteiger partial charge is 0.507 e. The van der Waals surface area contributed by atoms with Gasteiger partial charge in [0.25, 0.3) is 0 Å². The summed E-state index contributed by atoms with van der Waals surface area (Å²) in [4.78, 5) is 43.9. The van der Waals surface area contributed by atoms with Gasteiger partial charge in [-0.05, 0) is 49.6 Å². The number of hydrogen-bond donors (Lipinski definition) is 2. The van der Waals surface area contributed by atoms with E-state index in [2.05, 4.69) is 26.8 Å². The average Bonchev–Trinajstić information content (AvgIpc) is 3.12. The first-order valence-corrected chi connectivity index (χ1v) is 14.1. The van der Waals surface area contributed by atoms with Crippen LogP contribution in [0.1, 0.15) is 37.9 Å². The van der Waals surface area contributed by atoms with Gasteiger partial charge in [-0.25, -0.2) is 23.1 Å². The number of amides is 1. The van der Waals surface area contributed by atoms with E-state index < -0.39 is 34.3 Å². The van der Waals surface area contributed by atoms with Gasteiger partial charge >= 0.3 is 5.69 Å². The molecule has 0 aliphatic carbocycles. The molecule has 1 saturated heterocycles. The molecule has 3 aromatic heterocycles. The first kappa shape index (κ1) is 28.3. The molecule has 2 aliphatic rings. The molecular weight excluding hydrogens is 556 g/mol. The van der Waals surface area contributed by atoms with E-state index in [-0.39, 0.29) is 59.5 Å². The van der Waals surface area contributed by atoms with Crippen LogP contribution in [0.5, 0.6) is 5.75 Å². The smallest absolute Gasteiger partial charge is 0.355 e. The number of nitrogens with one attached hydrogen (secondary N) is 1. The van der Waals surface area contributed by atoms with Crippen molar-refractivity contribution in [2.24, 2.45) is 0 Å². The molecule has 1 aromatic carbocycles. The lowest BCUT2D eigenvalue weighted by Gasteiger charge is -2.45. The summed E-state index contributed by atoms with van der Waals surface area (Å²) in [6.07, 6.45) is 2.90. The molecule has 12 heteroatoms. The third-order valence-electron chi connectivity index (χ3n) is 8.19. The topological polar surface area (TPSA) is 116 Å². The Morgan fingerprint density at radius 1 is 1.21 bits per heavy atom. The van der Waals surface area contributed by atoms with E-state index in [1.54, 1.807) is 17.2 Å². The molecule has 222 valence electrons. The van der Waals surface area contributed by atoms with Crippen LogP contribution in [0.25, 0.3) is 28.0 Å². The van der Waals surface area contributed by atoms with Crippen molar-refractivity contribution in [3.63, 3.8) is 0 Å². The van der Waals surface area contributed by atoms with Gasteiger partial charge in [-0.2, -0.15) is 4.98 Å². The van der Waals surface area contributed by atoms with Crippen molar-refractivity contribution in [1.82, 2.24) is 24.4 Å². The number of carbonyl (C=O) groups excluding carboxylic acids is 1. The maximum Gasteiger partial charge on any atom is 0.355 e. The molecule has 5 heterocycles. The van der Waals surface area contributed by atoms with Gasteiger partial charge in [-0.15, -0.1) is 0 Å². The number of pyridine rings is 2. The summed E-state index contributed by atoms with van der Waals surface area (Å²) in [6, 6.07) is 4.77. The number of halogens is 2. The van der Waals surface area contributed by atoms with E-state index in [1.165, 1.54) is 22.8 Å². The Morgan fingerprint density at radius 3 is 2.67 bits per heavy atom. The highest BCUT2D eigenvalue weighted by Crippen LogP contribution is 2.43. The van der Waals surface area contributed by atoms with Crippen LogP contribution in [0.15, 0.2) is 47.9 Å². The normalized spacial score (nSPS) is 17.9. The fourth-order valence-electron chi connectivity index (χ4n) is 6.10. The maximum atomic E-state index is 16.6. The van der Waals surface area contributed by atoms with Gasteiger partial charge in [0.05, 0.1) is 34.1 Å². The molecule has 0 saturated carbocycles. The molecule has 2 aliphatic heterocycles. The van der Waals surface area contributed by atoms with Gasteiger partial charge in [0, 0.05) is 31.9 Å². The van der Waals surface area contributed by atoms with Crippen LogP contribution in [-0.4, -0.2) is 67.2 Å². The molecule has 0 spiro atoms. The Bertz CT molecular complexity index is 1850. The van der Waals surface area contributed by atoms with Crippen molar-refractivity contribution in [2.45, 2.75) is 45.7 Å². The fourth-order valence-corrected chi connectivity index (χ4v) is 6.10. The molecule has 2 atom stereocenters. The van der Waals surface area contributed by atoms with Crippen LogP contribution in [0.2, 0.25) is 0 Å². The number of aryl methyl sites for hydroxylation is 1. The van der Waals surface area contributed by atoms with E-state index in [0.29, 0.717) is 23.5 Å². The minimum atomic E-state index is -0.903. The lowest BCUT2D eigenvalue weighted by atomic mass is 10.0. The number of phenolic OH excluding ortho intramolecular Hbond substituents is 1. The lowest BCUT2D eigenvalue weighted by Crippen LogP contribution is -2.60. The number of aromatic nitrogens is 4. The third-order valence-corrected chi connectivity index (χ3v) is 8.19. The highest BCUT2D eigenvalue weighted by Gasteiger charge is 2.39. The third kappa shape index (κ3) is 4.39. The van der Waals surface area contributed by atoms with E-state index in [4.69, 9.17) is 0 Å². The highest BCUT2D eigenvalue weighted by atomic mass is 19.1. The standard InChI is InChI=1S/C31H31F2N7O3/c1-6-21(42)38-14-18-12-35-26-23-29(39(18)13-17(38)5)37-31(43)40(28-16(4)10-11-34-25(28)15(2)3)30(23)36-27(24(26)33)22-19(32)8-7-9-20(22)41/h6-11,15,17-18,35,41H,1,12-14H2,2-5H3. The zero-order valence-electron chi connectivity index (χ0n) is 24.2. The number of phenols is 1. The van der Waals surface area contributed by atoms with Gasteiger partial charge in [-0.1, -0.05) is 26.5 Å². The molecule has 1 amide bonds.